The Morgan fingerprint density at radius 3 is 1.94 bits per heavy atom. The van der Waals surface area contributed by atoms with Crippen molar-refractivity contribution in [3.8, 4) is 0 Å². The predicted molar refractivity (Wildman–Crippen MR) is 64.4 cm³/mol. The van der Waals surface area contributed by atoms with E-state index in [4.69, 9.17) is 10.8 Å². The van der Waals surface area contributed by atoms with Crippen LogP contribution in [0.15, 0.2) is 0 Å². The number of hydrogen-bond acceptors (Lipinski definition) is 3. The van der Waals surface area contributed by atoms with E-state index in [1.54, 1.807) is 27.7 Å². The highest BCUT2D eigenvalue weighted by atomic mass is 16.4. The summed E-state index contributed by atoms with van der Waals surface area (Å²) in [5.74, 6) is -1.25. The van der Waals surface area contributed by atoms with Gasteiger partial charge in [-0.3, -0.25) is 4.79 Å². The van der Waals surface area contributed by atoms with Crippen LogP contribution in [-0.2, 0) is 9.59 Å². The first-order chi connectivity index (χ1) is 7.53. The van der Waals surface area contributed by atoms with Gasteiger partial charge in [-0.1, -0.05) is 0 Å². The Kier molecular flexibility index (Phi) is 3.27. The van der Waals surface area contributed by atoms with E-state index in [2.05, 4.69) is 5.32 Å². The van der Waals surface area contributed by atoms with Gasteiger partial charge in [0, 0.05) is 5.54 Å². The fourth-order valence-electron chi connectivity index (χ4n) is 1.59. The Labute approximate surface area is 102 Å². The van der Waals surface area contributed by atoms with Gasteiger partial charge in [-0.05, 0) is 47.0 Å². The summed E-state index contributed by atoms with van der Waals surface area (Å²) in [5, 5.41) is 11.8. The molecule has 5 nitrogen and oxygen atoms in total. The molecule has 0 aromatic rings. The van der Waals surface area contributed by atoms with Gasteiger partial charge in [-0.25, -0.2) is 4.79 Å². The summed E-state index contributed by atoms with van der Waals surface area (Å²) >= 11 is 0. The third-order valence-corrected chi connectivity index (χ3v) is 4.15. The van der Waals surface area contributed by atoms with Gasteiger partial charge in [0.2, 0.25) is 5.91 Å². The van der Waals surface area contributed by atoms with Crippen molar-refractivity contribution in [1.82, 2.24) is 5.32 Å². The van der Waals surface area contributed by atoms with Crippen LogP contribution in [0.3, 0.4) is 0 Å². The Morgan fingerprint density at radius 1 is 1.24 bits per heavy atom. The topological polar surface area (TPSA) is 92.4 Å². The van der Waals surface area contributed by atoms with Gasteiger partial charge in [0.05, 0.1) is 5.41 Å². The molecule has 0 spiro atoms. The van der Waals surface area contributed by atoms with Gasteiger partial charge in [0.25, 0.3) is 0 Å². The van der Waals surface area contributed by atoms with E-state index in [0.717, 1.165) is 6.42 Å². The Morgan fingerprint density at radius 2 is 1.71 bits per heavy atom. The lowest BCUT2D eigenvalue weighted by atomic mass is 9.71. The first-order valence-corrected chi connectivity index (χ1v) is 5.88. The van der Waals surface area contributed by atoms with Gasteiger partial charge >= 0.3 is 5.97 Å². The second-order valence-electron chi connectivity index (χ2n) is 6.04. The van der Waals surface area contributed by atoms with Crippen molar-refractivity contribution in [2.45, 2.75) is 58.0 Å². The molecule has 0 bridgehead atoms. The highest BCUT2D eigenvalue weighted by molar-refractivity contribution is 5.91. The quantitative estimate of drug-likeness (QED) is 0.682. The number of hydrogen-bond donors (Lipinski definition) is 3. The number of nitrogens with one attached hydrogen (secondary N) is 1. The molecule has 0 saturated heterocycles. The third kappa shape index (κ3) is 2.29. The van der Waals surface area contributed by atoms with Gasteiger partial charge in [0.15, 0.2) is 0 Å². The van der Waals surface area contributed by atoms with Crippen molar-refractivity contribution in [3.63, 3.8) is 0 Å². The zero-order valence-electron chi connectivity index (χ0n) is 11.0. The summed E-state index contributed by atoms with van der Waals surface area (Å²) in [6.45, 7) is 6.99. The Bertz CT molecular complexity index is 338. The maximum Gasteiger partial charge on any atom is 0.329 e. The Balaban J connectivity index is 2.83. The molecule has 1 fully saturated rings. The van der Waals surface area contributed by atoms with Crippen LogP contribution in [0.1, 0.15) is 47.0 Å². The fraction of sp³-hybridized carbons (Fsp3) is 0.833. The van der Waals surface area contributed by atoms with Crippen LogP contribution in [-0.4, -0.2) is 28.1 Å². The number of nitrogens with two attached hydrogens (primary N) is 1. The number of amides is 1. The fourth-order valence-corrected chi connectivity index (χ4v) is 1.59. The van der Waals surface area contributed by atoms with Crippen LogP contribution in [0, 0.1) is 5.41 Å². The van der Waals surface area contributed by atoms with E-state index in [9.17, 15) is 9.59 Å². The van der Waals surface area contributed by atoms with E-state index in [1.807, 2.05) is 0 Å². The SMILES string of the molecule is CC(C)(N)C(C)(C)C(=O)NC1(C(=O)O)CCC1. The van der Waals surface area contributed by atoms with Crippen molar-refractivity contribution in [1.29, 1.82) is 0 Å². The number of rotatable bonds is 4. The molecule has 1 saturated carbocycles. The van der Waals surface area contributed by atoms with Crippen LogP contribution in [0.5, 0.6) is 0 Å². The normalized spacial score (nSPS) is 19.4. The summed E-state index contributed by atoms with van der Waals surface area (Å²) in [6, 6.07) is 0. The van der Waals surface area contributed by atoms with Gasteiger partial charge in [0.1, 0.15) is 5.54 Å². The molecule has 0 aromatic heterocycles. The third-order valence-electron chi connectivity index (χ3n) is 4.15. The molecule has 98 valence electrons. The van der Waals surface area contributed by atoms with Gasteiger partial charge < -0.3 is 16.2 Å². The van der Waals surface area contributed by atoms with Crippen LogP contribution < -0.4 is 11.1 Å². The molecular weight excluding hydrogens is 220 g/mol. The molecule has 0 unspecified atom stereocenters. The molecule has 5 heteroatoms. The molecule has 1 amide bonds. The zero-order chi connectivity index (χ0) is 13.5. The minimum Gasteiger partial charge on any atom is -0.480 e. The molecule has 1 aliphatic carbocycles. The maximum atomic E-state index is 12.2. The molecule has 0 heterocycles. The number of carbonyl (C=O) groups excluding carboxylic acids is 1. The highest BCUT2D eigenvalue weighted by Crippen LogP contribution is 2.35. The minimum absolute atomic E-state index is 0.299. The first-order valence-electron chi connectivity index (χ1n) is 5.88. The molecular formula is C12H22N2O3. The van der Waals surface area contributed by atoms with Gasteiger partial charge in [-0.15, -0.1) is 0 Å². The van der Waals surface area contributed by atoms with Gasteiger partial charge in [-0.2, -0.15) is 0 Å². The van der Waals surface area contributed by atoms with Crippen molar-refractivity contribution in [3.05, 3.63) is 0 Å². The van der Waals surface area contributed by atoms with Crippen molar-refractivity contribution < 1.29 is 14.7 Å². The van der Waals surface area contributed by atoms with E-state index in [0.29, 0.717) is 12.8 Å². The zero-order valence-corrected chi connectivity index (χ0v) is 11.0. The molecule has 4 N–H and O–H groups in total. The predicted octanol–water partition coefficient (Wildman–Crippen LogP) is 0.873. The van der Waals surface area contributed by atoms with Crippen LogP contribution in [0.2, 0.25) is 0 Å². The minimum atomic E-state index is -1.07. The number of carbonyl (C=O) groups is 2. The Hall–Kier alpha value is -1.10. The standard InChI is InChI=1S/C12H22N2O3/c1-10(2,11(3,4)13)8(15)14-12(9(16)17)6-5-7-12/h5-7,13H2,1-4H3,(H,14,15)(H,16,17). The van der Waals surface area contributed by atoms with Crippen LogP contribution in [0.25, 0.3) is 0 Å². The molecule has 0 radical (unpaired) electrons. The molecule has 1 aliphatic rings. The van der Waals surface area contributed by atoms with Crippen molar-refractivity contribution in [2.75, 3.05) is 0 Å². The van der Waals surface area contributed by atoms with E-state index in [-0.39, 0.29) is 5.91 Å². The maximum absolute atomic E-state index is 12.2. The summed E-state index contributed by atoms with van der Waals surface area (Å²) in [6.07, 6.45) is 1.82. The monoisotopic (exact) mass is 242 g/mol. The number of carboxylic acids is 1. The van der Waals surface area contributed by atoms with E-state index in [1.165, 1.54) is 0 Å². The largest absolute Gasteiger partial charge is 0.480 e. The first kappa shape index (κ1) is 14.0. The lowest BCUT2D eigenvalue weighted by molar-refractivity contribution is -0.154. The molecule has 0 aromatic carbocycles. The summed E-state index contributed by atoms with van der Waals surface area (Å²) in [4.78, 5) is 23.3. The summed E-state index contributed by atoms with van der Waals surface area (Å²) in [7, 11) is 0. The highest BCUT2D eigenvalue weighted by Gasteiger charge is 2.49. The molecule has 17 heavy (non-hydrogen) atoms. The van der Waals surface area contributed by atoms with Crippen LogP contribution >= 0.6 is 0 Å². The van der Waals surface area contributed by atoms with Crippen molar-refractivity contribution >= 4 is 11.9 Å². The molecule has 1 rings (SSSR count). The number of carboxylic acid groups (broad SMARTS) is 1. The molecule has 0 aliphatic heterocycles. The smallest absolute Gasteiger partial charge is 0.329 e. The summed E-state index contributed by atoms with van der Waals surface area (Å²) < 4.78 is 0. The average molecular weight is 242 g/mol. The lowest BCUT2D eigenvalue weighted by Crippen LogP contribution is -2.65. The van der Waals surface area contributed by atoms with E-state index >= 15 is 0 Å². The second-order valence-corrected chi connectivity index (χ2v) is 6.04. The summed E-state index contributed by atoms with van der Waals surface area (Å²) in [5.41, 5.74) is 3.37. The van der Waals surface area contributed by atoms with E-state index < -0.39 is 22.5 Å². The average Bonchev–Trinajstić information content (AvgIpc) is 2.07. The number of aliphatic carboxylic acids is 1. The van der Waals surface area contributed by atoms with Crippen LogP contribution in [0.4, 0.5) is 0 Å². The second kappa shape index (κ2) is 3.98. The molecule has 0 atom stereocenters. The van der Waals surface area contributed by atoms with Crippen molar-refractivity contribution in [2.24, 2.45) is 11.1 Å². The lowest BCUT2D eigenvalue weighted by Gasteiger charge is -2.43.